The van der Waals surface area contributed by atoms with Gasteiger partial charge in [0, 0.05) is 26.1 Å². The fourth-order valence-electron chi connectivity index (χ4n) is 1.57. The number of likely N-dealkylation sites (tertiary alicyclic amines) is 1. The summed E-state index contributed by atoms with van der Waals surface area (Å²) in [6.45, 7) is 2.93. The topological polar surface area (TPSA) is 69.6 Å². The molecule has 0 aliphatic carbocycles. The Morgan fingerprint density at radius 3 is 2.85 bits per heavy atom. The minimum Gasteiger partial charge on any atom is -0.480 e. The molecule has 0 radical (unpaired) electrons. The van der Waals surface area contributed by atoms with Crippen LogP contribution in [0.3, 0.4) is 0 Å². The third-order valence-corrected chi connectivity index (χ3v) is 2.04. The maximum absolute atomic E-state index is 10.7. The van der Waals surface area contributed by atoms with Crippen LogP contribution in [-0.2, 0) is 9.59 Å². The molecule has 5 nitrogen and oxygen atoms in total. The third-order valence-electron chi connectivity index (χ3n) is 2.04. The highest BCUT2D eigenvalue weighted by atomic mass is 16.4. The van der Waals surface area contributed by atoms with Crippen LogP contribution in [0.15, 0.2) is 0 Å². The first-order valence-electron chi connectivity index (χ1n) is 4.29. The number of nitrogens with one attached hydrogen (secondary N) is 1. The summed E-state index contributed by atoms with van der Waals surface area (Å²) in [5, 5.41) is 11.3. The lowest BCUT2D eigenvalue weighted by atomic mass is 10.3. The highest BCUT2D eigenvalue weighted by Gasteiger charge is 2.23. The van der Waals surface area contributed by atoms with E-state index in [4.69, 9.17) is 5.11 Å². The van der Waals surface area contributed by atoms with Crippen molar-refractivity contribution in [1.82, 2.24) is 10.2 Å². The molecular weight excluding hydrogens is 172 g/mol. The average molecular weight is 186 g/mol. The van der Waals surface area contributed by atoms with Crippen molar-refractivity contribution in [3.8, 4) is 0 Å². The van der Waals surface area contributed by atoms with Gasteiger partial charge in [0.2, 0.25) is 5.91 Å². The number of aliphatic carboxylic acids is 1. The van der Waals surface area contributed by atoms with Gasteiger partial charge in [-0.25, -0.2) is 0 Å². The van der Waals surface area contributed by atoms with Gasteiger partial charge in [-0.1, -0.05) is 0 Å². The Balaban J connectivity index is 2.27. The lowest BCUT2D eigenvalue weighted by molar-refractivity contribution is -0.138. The van der Waals surface area contributed by atoms with E-state index in [9.17, 15) is 9.59 Å². The van der Waals surface area contributed by atoms with Crippen molar-refractivity contribution in [2.24, 2.45) is 0 Å². The van der Waals surface area contributed by atoms with E-state index >= 15 is 0 Å². The van der Waals surface area contributed by atoms with Gasteiger partial charge in [0.05, 0.1) is 6.54 Å². The second-order valence-electron chi connectivity index (χ2n) is 3.31. The highest BCUT2D eigenvalue weighted by molar-refractivity contribution is 5.73. The first-order valence-corrected chi connectivity index (χ1v) is 4.29. The number of carboxylic acid groups (broad SMARTS) is 1. The maximum atomic E-state index is 10.7. The van der Waals surface area contributed by atoms with E-state index < -0.39 is 5.97 Å². The van der Waals surface area contributed by atoms with Gasteiger partial charge < -0.3 is 10.4 Å². The molecule has 1 amide bonds. The van der Waals surface area contributed by atoms with Gasteiger partial charge in [-0.3, -0.25) is 14.5 Å². The van der Waals surface area contributed by atoms with Crippen molar-refractivity contribution in [3.05, 3.63) is 0 Å². The maximum Gasteiger partial charge on any atom is 0.317 e. The van der Waals surface area contributed by atoms with Gasteiger partial charge in [0.25, 0.3) is 0 Å². The van der Waals surface area contributed by atoms with E-state index in [0.717, 1.165) is 13.0 Å². The SMILES string of the molecule is CC(=O)NC1CCN(CC(=O)O)C1. The van der Waals surface area contributed by atoms with Crippen molar-refractivity contribution in [2.45, 2.75) is 19.4 Å². The molecule has 1 heterocycles. The van der Waals surface area contributed by atoms with Crippen molar-refractivity contribution >= 4 is 11.9 Å². The number of nitrogens with zero attached hydrogens (tertiary/aromatic N) is 1. The molecule has 0 bridgehead atoms. The molecule has 0 aromatic rings. The summed E-state index contributed by atoms with van der Waals surface area (Å²) < 4.78 is 0. The smallest absolute Gasteiger partial charge is 0.317 e. The predicted octanol–water partition coefficient (Wildman–Crippen LogP) is -0.719. The van der Waals surface area contributed by atoms with E-state index in [0.29, 0.717) is 6.54 Å². The predicted molar refractivity (Wildman–Crippen MR) is 46.3 cm³/mol. The molecule has 1 aliphatic heterocycles. The van der Waals surface area contributed by atoms with Gasteiger partial charge in [-0.2, -0.15) is 0 Å². The Morgan fingerprint density at radius 1 is 1.62 bits per heavy atom. The zero-order valence-electron chi connectivity index (χ0n) is 7.62. The van der Waals surface area contributed by atoms with E-state index in [-0.39, 0.29) is 18.5 Å². The first-order chi connectivity index (χ1) is 6.08. The number of carbonyl (C=O) groups excluding carboxylic acids is 1. The van der Waals surface area contributed by atoms with Gasteiger partial charge in [-0.15, -0.1) is 0 Å². The number of hydrogen-bond acceptors (Lipinski definition) is 3. The first kappa shape index (κ1) is 9.98. The van der Waals surface area contributed by atoms with Crippen LogP contribution < -0.4 is 5.32 Å². The van der Waals surface area contributed by atoms with Gasteiger partial charge in [0.1, 0.15) is 0 Å². The van der Waals surface area contributed by atoms with Gasteiger partial charge >= 0.3 is 5.97 Å². The van der Waals surface area contributed by atoms with Gasteiger partial charge in [-0.05, 0) is 6.42 Å². The molecule has 2 N–H and O–H groups in total. The number of amides is 1. The summed E-state index contributed by atoms with van der Waals surface area (Å²) in [4.78, 5) is 22.9. The van der Waals surface area contributed by atoms with E-state index in [1.54, 1.807) is 0 Å². The summed E-state index contributed by atoms with van der Waals surface area (Å²) in [7, 11) is 0. The minimum atomic E-state index is -0.816. The minimum absolute atomic E-state index is 0.0535. The van der Waals surface area contributed by atoms with Crippen molar-refractivity contribution < 1.29 is 14.7 Å². The van der Waals surface area contributed by atoms with Crippen LogP contribution in [0.25, 0.3) is 0 Å². The van der Waals surface area contributed by atoms with Crippen LogP contribution in [0.4, 0.5) is 0 Å². The fourth-order valence-corrected chi connectivity index (χ4v) is 1.57. The summed E-state index contributed by atoms with van der Waals surface area (Å²) in [5.74, 6) is -0.870. The molecule has 1 rings (SSSR count). The second-order valence-corrected chi connectivity index (χ2v) is 3.31. The molecule has 1 fully saturated rings. The van der Waals surface area contributed by atoms with E-state index in [2.05, 4.69) is 5.32 Å². The van der Waals surface area contributed by atoms with E-state index in [1.807, 2.05) is 4.90 Å². The van der Waals surface area contributed by atoms with Gasteiger partial charge in [0.15, 0.2) is 0 Å². The molecule has 1 aliphatic rings. The Kier molecular flexibility index (Phi) is 3.25. The largest absolute Gasteiger partial charge is 0.480 e. The number of rotatable bonds is 3. The Bertz CT molecular complexity index is 195. The van der Waals surface area contributed by atoms with Crippen LogP contribution in [0.1, 0.15) is 13.3 Å². The molecule has 1 unspecified atom stereocenters. The number of carbonyl (C=O) groups is 2. The molecule has 13 heavy (non-hydrogen) atoms. The Morgan fingerprint density at radius 2 is 2.31 bits per heavy atom. The monoisotopic (exact) mass is 186 g/mol. The molecular formula is C8H14N2O3. The quantitative estimate of drug-likeness (QED) is 0.610. The Labute approximate surface area is 76.7 Å². The normalized spacial score (nSPS) is 23.0. The standard InChI is InChI=1S/C8H14N2O3/c1-6(11)9-7-2-3-10(4-7)5-8(12)13/h7H,2-5H2,1H3,(H,9,11)(H,12,13). The molecule has 0 aromatic carbocycles. The molecule has 1 atom stereocenters. The summed E-state index contributed by atoms with van der Waals surface area (Å²) >= 11 is 0. The fraction of sp³-hybridized carbons (Fsp3) is 0.750. The van der Waals surface area contributed by atoms with Crippen molar-refractivity contribution in [3.63, 3.8) is 0 Å². The summed E-state index contributed by atoms with van der Waals surface area (Å²) in [5.41, 5.74) is 0. The van der Waals surface area contributed by atoms with Crippen LogP contribution in [0, 0.1) is 0 Å². The molecule has 0 spiro atoms. The molecule has 74 valence electrons. The van der Waals surface area contributed by atoms with Crippen LogP contribution in [0.2, 0.25) is 0 Å². The van der Waals surface area contributed by atoms with Crippen LogP contribution >= 0.6 is 0 Å². The molecule has 5 heteroatoms. The van der Waals surface area contributed by atoms with Crippen LogP contribution in [-0.4, -0.2) is 47.6 Å². The zero-order valence-corrected chi connectivity index (χ0v) is 7.62. The molecule has 0 saturated carbocycles. The Hall–Kier alpha value is -1.10. The average Bonchev–Trinajstić information content (AvgIpc) is 2.33. The second kappa shape index (κ2) is 4.23. The molecule has 1 saturated heterocycles. The summed E-state index contributed by atoms with van der Waals surface area (Å²) in [6, 6.07) is 0.122. The lowest BCUT2D eigenvalue weighted by Crippen LogP contribution is -2.36. The highest BCUT2D eigenvalue weighted by Crippen LogP contribution is 2.07. The number of hydrogen-bond donors (Lipinski definition) is 2. The van der Waals surface area contributed by atoms with Crippen LogP contribution in [0.5, 0.6) is 0 Å². The lowest BCUT2D eigenvalue weighted by Gasteiger charge is -2.13. The van der Waals surface area contributed by atoms with Crippen molar-refractivity contribution in [1.29, 1.82) is 0 Å². The molecule has 0 aromatic heterocycles. The number of carboxylic acids is 1. The van der Waals surface area contributed by atoms with Crippen molar-refractivity contribution in [2.75, 3.05) is 19.6 Å². The third kappa shape index (κ3) is 3.42. The summed E-state index contributed by atoms with van der Waals surface area (Å²) in [6.07, 6.45) is 0.840. The van der Waals surface area contributed by atoms with E-state index in [1.165, 1.54) is 6.92 Å². The zero-order chi connectivity index (χ0) is 9.84.